The Kier molecular flexibility index (Phi) is 5.40. The quantitative estimate of drug-likeness (QED) is 0.475. The minimum atomic E-state index is -0.366. The van der Waals surface area contributed by atoms with E-state index in [-0.39, 0.29) is 5.97 Å². The maximum Gasteiger partial charge on any atom is 0.359 e. The second kappa shape index (κ2) is 8.13. The molecule has 2 aromatic heterocycles. The number of carbonyl (C=O) groups excluding carboxylic acids is 1. The van der Waals surface area contributed by atoms with Crippen molar-refractivity contribution < 1.29 is 9.53 Å². The van der Waals surface area contributed by atoms with E-state index < -0.39 is 0 Å². The van der Waals surface area contributed by atoms with Crippen LogP contribution in [-0.2, 0) is 30.8 Å². The Morgan fingerprint density at radius 1 is 1.28 bits per heavy atom. The summed E-state index contributed by atoms with van der Waals surface area (Å²) in [6.07, 6.45) is 2.61. The standard InChI is InChI=1S/C22H25N5O2/c1-4-11-27-20-10-12-26(13-16(20)21(25-27)22(28)29-5-2)14-19-15(3)23-17-8-6-7-9-18(17)24-19/h4,6-9H,1,5,10-14H2,2-3H3. The van der Waals surface area contributed by atoms with E-state index in [0.29, 0.717) is 31.9 Å². The van der Waals surface area contributed by atoms with Crippen LogP contribution in [0.5, 0.6) is 0 Å². The number of esters is 1. The number of fused-ring (bicyclic) bond motifs is 2. The van der Waals surface area contributed by atoms with Gasteiger partial charge in [-0.1, -0.05) is 18.2 Å². The summed E-state index contributed by atoms with van der Waals surface area (Å²) in [5, 5.41) is 4.52. The average Bonchev–Trinajstić information content (AvgIpc) is 3.07. The Morgan fingerprint density at radius 2 is 2.03 bits per heavy atom. The van der Waals surface area contributed by atoms with E-state index in [9.17, 15) is 4.79 Å². The molecule has 0 bridgehead atoms. The third kappa shape index (κ3) is 3.78. The number of aryl methyl sites for hydroxylation is 1. The number of aromatic nitrogens is 4. The van der Waals surface area contributed by atoms with Crippen LogP contribution in [0.25, 0.3) is 11.0 Å². The van der Waals surface area contributed by atoms with Crippen molar-refractivity contribution in [3.63, 3.8) is 0 Å². The number of benzene rings is 1. The topological polar surface area (TPSA) is 73.1 Å². The molecule has 0 amide bonds. The number of ether oxygens (including phenoxy) is 1. The first-order valence-corrected chi connectivity index (χ1v) is 9.92. The van der Waals surface area contributed by atoms with E-state index in [1.807, 2.05) is 35.9 Å². The molecule has 29 heavy (non-hydrogen) atoms. The summed E-state index contributed by atoms with van der Waals surface area (Å²) in [6, 6.07) is 7.91. The zero-order chi connectivity index (χ0) is 20.4. The smallest absolute Gasteiger partial charge is 0.359 e. The molecule has 0 spiro atoms. The normalized spacial score (nSPS) is 14.0. The third-order valence-corrected chi connectivity index (χ3v) is 5.20. The van der Waals surface area contributed by atoms with E-state index in [4.69, 9.17) is 14.7 Å². The number of allylic oxidation sites excluding steroid dienone is 1. The van der Waals surface area contributed by atoms with Gasteiger partial charge in [0.15, 0.2) is 5.69 Å². The summed E-state index contributed by atoms with van der Waals surface area (Å²) in [7, 11) is 0. The molecule has 1 aliphatic heterocycles. The van der Waals surface area contributed by atoms with Crippen LogP contribution < -0.4 is 0 Å². The van der Waals surface area contributed by atoms with Crippen LogP contribution in [0.4, 0.5) is 0 Å². The van der Waals surface area contributed by atoms with Gasteiger partial charge in [-0.3, -0.25) is 9.58 Å². The van der Waals surface area contributed by atoms with Crippen LogP contribution in [0.2, 0.25) is 0 Å². The van der Waals surface area contributed by atoms with Gasteiger partial charge in [-0.15, -0.1) is 6.58 Å². The molecule has 1 aromatic carbocycles. The Balaban J connectivity index is 1.62. The fourth-order valence-electron chi connectivity index (χ4n) is 3.80. The van der Waals surface area contributed by atoms with Gasteiger partial charge in [-0.05, 0) is 26.0 Å². The van der Waals surface area contributed by atoms with Crippen molar-refractivity contribution in [3.8, 4) is 0 Å². The van der Waals surface area contributed by atoms with Crippen molar-refractivity contribution in [1.82, 2.24) is 24.6 Å². The molecule has 0 saturated carbocycles. The average molecular weight is 391 g/mol. The van der Waals surface area contributed by atoms with Crippen LogP contribution in [0.1, 0.15) is 40.1 Å². The number of carbonyl (C=O) groups is 1. The van der Waals surface area contributed by atoms with Crippen molar-refractivity contribution in [2.45, 2.75) is 39.9 Å². The monoisotopic (exact) mass is 391 g/mol. The first-order chi connectivity index (χ1) is 14.1. The van der Waals surface area contributed by atoms with Gasteiger partial charge in [0, 0.05) is 37.3 Å². The highest BCUT2D eigenvalue weighted by Crippen LogP contribution is 2.25. The molecule has 0 fully saturated rings. The molecule has 1 aliphatic rings. The third-order valence-electron chi connectivity index (χ3n) is 5.20. The summed E-state index contributed by atoms with van der Waals surface area (Å²) >= 11 is 0. The fourth-order valence-corrected chi connectivity index (χ4v) is 3.80. The highest BCUT2D eigenvalue weighted by Gasteiger charge is 2.29. The molecule has 7 heteroatoms. The summed E-state index contributed by atoms with van der Waals surface area (Å²) < 4.78 is 7.09. The van der Waals surface area contributed by atoms with Crippen molar-refractivity contribution in [1.29, 1.82) is 0 Å². The first-order valence-electron chi connectivity index (χ1n) is 9.92. The molecular formula is C22H25N5O2. The lowest BCUT2D eigenvalue weighted by atomic mass is 10.0. The molecule has 7 nitrogen and oxygen atoms in total. The Labute approximate surface area is 170 Å². The number of nitrogens with zero attached hydrogens (tertiary/aromatic N) is 5. The predicted molar refractivity (Wildman–Crippen MR) is 110 cm³/mol. The van der Waals surface area contributed by atoms with Gasteiger partial charge in [0.2, 0.25) is 0 Å². The number of para-hydroxylation sites is 2. The largest absolute Gasteiger partial charge is 0.461 e. The van der Waals surface area contributed by atoms with Gasteiger partial charge in [0.1, 0.15) is 0 Å². The Hall–Kier alpha value is -3.06. The molecule has 150 valence electrons. The summed E-state index contributed by atoms with van der Waals surface area (Å²) in [4.78, 5) is 24.2. The van der Waals surface area contributed by atoms with Crippen molar-refractivity contribution in [2.75, 3.05) is 13.2 Å². The van der Waals surface area contributed by atoms with Crippen LogP contribution >= 0.6 is 0 Å². The van der Waals surface area contributed by atoms with E-state index in [2.05, 4.69) is 16.6 Å². The Bertz CT molecular complexity index is 1070. The molecule has 0 N–H and O–H groups in total. The molecule has 0 saturated heterocycles. The minimum Gasteiger partial charge on any atom is -0.461 e. The summed E-state index contributed by atoms with van der Waals surface area (Å²) in [5.41, 5.74) is 6.15. The zero-order valence-corrected chi connectivity index (χ0v) is 16.9. The van der Waals surface area contributed by atoms with E-state index in [1.54, 1.807) is 13.0 Å². The second-order valence-corrected chi connectivity index (χ2v) is 7.17. The van der Waals surface area contributed by atoms with Gasteiger partial charge in [0.05, 0.1) is 35.6 Å². The summed E-state index contributed by atoms with van der Waals surface area (Å²) in [5.74, 6) is -0.366. The van der Waals surface area contributed by atoms with Gasteiger partial charge < -0.3 is 4.74 Å². The Morgan fingerprint density at radius 3 is 2.76 bits per heavy atom. The molecule has 0 atom stereocenters. The lowest BCUT2D eigenvalue weighted by molar-refractivity contribution is 0.0515. The lowest BCUT2D eigenvalue weighted by Crippen LogP contribution is -2.32. The summed E-state index contributed by atoms with van der Waals surface area (Å²) in [6.45, 7) is 10.7. The molecule has 0 unspecified atom stereocenters. The van der Waals surface area contributed by atoms with Crippen molar-refractivity contribution in [2.24, 2.45) is 0 Å². The van der Waals surface area contributed by atoms with Gasteiger partial charge in [-0.2, -0.15) is 5.10 Å². The SMILES string of the molecule is C=CCn1nc(C(=O)OCC)c2c1CCN(Cc1nc3ccccc3nc1C)C2. The van der Waals surface area contributed by atoms with Gasteiger partial charge in [-0.25, -0.2) is 14.8 Å². The highest BCUT2D eigenvalue weighted by atomic mass is 16.5. The first kappa shape index (κ1) is 19.3. The number of rotatable bonds is 6. The number of hydrogen-bond donors (Lipinski definition) is 0. The van der Waals surface area contributed by atoms with E-state index in [1.165, 1.54) is 0 Å². The second-order valence-electron chi connectivity index (χ2n) is 7.17. The highest BCUT2D eigenvalue weighted by molar-refractivity contribution is 5.89. The van der Waals surface area contributed by atoms with Crippen LogP contribution in [0.3, 0.4) is 0 Å². The lowest BCUT2D eigenvalue weighted by Gasteiger charge is -2.27. The molecule has 4 rings (SSSR count). The minimum absolute atomic E-state index is 0.331. The van der Waals surface area contributed by atoms with Crippen LogP contribution in [0.15, 0.2) is 36.9 Å². The molecule has 0 aliphatic carbocycles. The van der Waals surface area contributed by atoms with E-state index >= 15 is 0 Å². The molecule has 3 heterocycles. The van der Waals surface area contributed by atoms with E-state index in [0.717, 1.165) is 46.6 Å². The van der Waals surface area contributed by atoms with Crippen molar-refractivity contribution in [3.05, 3.63) is 65.3 Å². The fraction of sp³-hybridized carbons (Fsp3) is 0.364. The maximum absolute atomic E-state index is 12.4. The number of hydrogen-bond acceptors (Lipinski definition) is 6. The van der Waals surface area contributed by atoms with Gasteiger partial charge >= 0.3 is 5.97 Å². The maximum atomic E-state index is 12.4. The van der Waals surface area contributed by atoms with Crippen molar-refractivity contribution >= 4 is 17.0 Å². The predicted octanol–water partition coefficient (Wildman–Crippen LogP) is 3.06. The van der Waals surface area contributed by atoms with Crippen LogP contribution in [-0.4, -0.2) is 43.8 Å². The molecule has 3 aromatic rings. The molecular weight excluding hydrogens is 366 g/mol. The zero-order valence-electron chi connectivity index (χ0n) is 16.9. The van der Waals surface area contributed by atoms with Crippen LogP contribution in [0, 0.1) is 6.92 Å². The molecule has 0 radical (unpaired) electrons. The van der Waals surface area contributed by atoms with Gasteiger partial charge in [0.25, 0.3) is 0 Å².